The molecule has 112 valence electrons. The second kappa shape index (κ2) is 8.51. The molecule has 1 heterocycles. The van der Waals surface area contributed by atoms with E-state index >= 15 is 0 Å². The summed E-state index contributed by atoms with van der Waals surface area (Å²) < 4.78 is 10.8. The highest BCUT2D eigenvalue weighted by Crippen LogP contribution is 2.10. The summed E-state index contributed by atoms with van der Waals surface area (Å²) in [6, 6.07) is 0.763. The third-order valence-corrected chi connectivity index (χ3v) is 3.36. The Balaban J connectivity index is 2.18. The molecule has 0 spiro atoms. The molecule has 0 bridgehead atoms. The highest BCUT2D eigenvalue weighted by atomic mass is 16.5. The fourth-order valence-corrected chi connectivity index (χ4v) is 2.25. The van der Waals surface area contributed by atoms with Crippen LogP contribution in [0.15, 0.2) is 0 Å². The monoisotopic (exact) mass is 272 g/mol. The minimum absolute atomic E-state index is 0.0633. The number of hydrogen-bond donors (Lipinski definition) is 1. The Bertz CT molecular complexity index is 271. The molecule has 2 atom stereocenters. The molecule has 1 N–H and O–H groups in total. The van der Waals surface area contributed by atoms with Crippen LogP contribution in [0.5, 0.6) is 0 Å². The van der Waals surface area contributed by atoms with Gasteiger partial charge < -0.3 is 14.8 Å². The van der Waals surface area contributed by atoms with Crippen molar-refractivity contribution in [3.63, 3.8) is 0 Å². The number of nitrogens with one attached hydrogen (secondary N) is 1. The van der Waals surface area contributed by atoms with Crippen LogP contribution < -0.4 is 5.32 Å². The zero-order valence-corrected chi connectivity index (χ0v) is 12.6. The van der Waals surface area contributed by atoms with Gasteiger partial charge in [0.1, 0.15) is 0 Å². The maximum absolute atomic E-state index is 11.7. The zero-order chi connectivity index (χ0) is 14.3. The Hall–Kier alpha value is -0.650. The first-order chi connectivity index (χ1) is 9.00. The van der Waals surface area contributed by atoms with Crippen LogP contribution >= 0.6 is 0 Å². The highest BCUT2D eigenvalue weighted by molar-refractivity contribution is 5.75. The molecule has 0 aromatic heterocycles. The van der Waals surface area contributed by atoms with Gasteiger partial charge in [0.15, 0.2) is 0 Å². The maximum Gasteiger partial charge on any atom is 0.222 e. The van der Waals surface area contributed by atoms with E-state index in [2.05, 4.69) is 24.1 Å². The SMILES string of the molecule is CC(C)OCCC(=O)NCC(C)N1CCOCC1C. The Kier molecular flexibility index (Phi) is 7.34. The number of carbonyl (C=O) groups excluding carboxylic acids is 1. The van der Waals surface area contributed by atoms with Gasteiger partial charge in [-0.1, -0.05) is 0 Å². The van der Waals surface area contributed by atoms with E-state index < -0.39 is 0 Å². The van der Waals surface area contributed by atoms with E-state index in [1.165, 1.54) is 0 Å². The molecule has 19 heavy (non-hydrogen) atoms. The summed E-state index contributed by atoms with van der Waals surface area (Å²) in [5.74, 6) is 0.0633. The van der Waals surface area contributed by atoms with Gasteiger partial charge in [0.2, 0.25) is 5.91 Å². The average Bonchev–Trinajstić information content (AvgIpc) is 2.36. The smallest absolute Gasteiger partial charge is 0.222 e. The molecule has 5 heteroatoms. The Morgan fingerprint density at radius 3 is 2.84 bits per heavy atom. The van der Waals surface area contributed by atoms with Crippen molar-refractivity contribution in [3.8, 4) is 0 Å². The quantitative estimate of drug-likeness (QED) is 0.752. The van der Waals surface area contributed by atoms with Crippen molar-refractivity contribution >= 4 is 5.91 Å². The number of carbonyl (C=O) groups is 1. The lowest BCUT2D eigenvalue weighted by Crippen LogP contribution is -2.51. The van der Waals surface area contributed by atoms with Crippen molar-refractivity contribution in [1.29, 1.82) is 0 Å². The predicted molar refractivity (Wildman–Crippen MR) is 75.2 cm³/mol. The van der Waals surface area contributed by atoms with Crippen LogP contribution in [-0.2, 0) is 14.3 Å². The first kappa shape index (κ1) is 16.4. The van der Waals surface area contributed by atoms with E-state index in [-0.39, 0.29) is 12.0 Å². The summed E-state index contributed by atoms with van der Waals surface area (Å²) in [5.41, 5.74) is 0. The summed E-state index contributed by atoms with van der Waals surface area (Å²) in [5, 5.41) is 2.97. The normalized spacial score (nSPS) is 22.5. The number of nitrogens with zero attached hydrogens (tertiary/aromatic N) is 1. The molecule has 1 saturated heterocycles. The van der Waals surface area contributed by atoms with Gasteiger partial charge in [0.25, 0.3) is 0 Å². The Morgan fingerprint density at radius 2 is 2.21 bits per heavy atom. The molecule has 1 rings (SSSR count). The Morgan fingerprint density at radius 1 is 1.47 bits per heavy atom. The van der Waals surface area contributed by atoms with E-state index in [1.807, 2.05) is 13.8 Å². The molecule has 0 aromatic rings. The van der Waals surface area contributed by atoms with Crippen LogP contribution in [0, 0.1) is 0 Å². The molecular formula is C14H28N2O3. The maximum atomic E-state index is 11.7. The number of hydrogen-bond acceptors (Lipinski definition) is 4. The summed E-state index contributed by atoms with van der Waals surface area (Å²) in [7, 11) is 0. The van der Waals surface area contributed by atoms with Gasteiger partial charge >= 0.3 is 0 Å². The van der Waals surface area contributed by atoms with Crippen molar-refractivity contribution in [2.45, 2.75) is 52.3 Å². The lowest BCUT2D eigenvalue weighted by Gasteiger charge is -2.37. The second-order valence-corrected chi connectivity index (χ2v) is 5.48. The van der Waals surface area contributed by atoms with Gasteiger partial charge in [-0.25, -0.2) is 0 Å². The molecule has 1 fully saturated rings. The lowest BCUT2D eigenvalue weighted by atomic mass is 10.2. The molecule has 0 aliphatic carbocycles. The third kappa shape index (κ3) is 6.36. The molecule has 1 aliphatic heterocycles. The lowest BCUT2D eigenvalue weighted by molar-refractivity contribution is -0.122. The minimum Gasteiger partial charge on any atom is -0.379 e. The van der Waals surface area contributed by atoms with Crippen molar-refractivity contribution < 1.29 is 14.3 Å². The van der Waals surface area contributed by atoms with Crippen molar-refractivity contribution in [2.75, 3.05) is 32.9 Å². The van der Waals surface area contributed by atoms with Crippen molar-refractivity contribution in [2.24, 2.45) is 0 Å². The van der Waals surface area contributed by atoms with Crippen molar-refractivity contribution in [1.82, 2.24) is 10.2 Å². The van der Waals surface area contributed by atoms with Crippen LogP contribution in [0.2, 0.25) is 0 Å². The van der Waals surface area contributed by atoms with E-state index in [1.54, 1.807) is 0 Å². The van der Waals surface area contributed by atoms with Crippen LogP contribution in [0.4, 0.5) is 0 Å². The molecule has 0 saturated carbocycles. The van der Waals surface area contributed by atoms with Gasteiger partial charge in [-0.3, -0.25) is 9.69 Å². The fraction of sp³-hybridized carbons (Fsp3) is 0.929. The molecular weight excluding hydrogens is 244 g/mol. The van der Waals surface area contributed by atoms with Gasteiger partial charge in [0, 0.05) is 31.6 Å². The number of amides is 1. The van der Waals surface area contributed by atoms with Gasteiger partial charge in [-0.15, -0.1) is 0 Å². The summed E-state index contributed by atoms with van der Waals surface area (Å²) in [4.78, 5) is 14.0. The van der Waals surface area contributed by atoms with Crippen molar-refractivity contribution in [3.05, 3.63) is 0 Å². The first-order valence-electron chi connectivity index (χ1n) is 7.22. The third-order valence-electron chi connectivity index (χ3n) is 3.36. The average molecular weight is 272 g/mol. The highest BCUT2D eigenvalue weighted by Gasteiger charge is 2.23. The summed E-state index contributed by atoms with van der Waals surface area (Å²) in [6.45, 7) is 11.9. The van der Waals surface area contributed by atoms with Gasteiger partial charge in [-0.2, -0.15) is 0 Å². The summed E-state index contributed by atoms with van der Waals surface area (Å²) >= 11 is 0. The zero-order valence-electron chi connectivity index (χ0n) is 12.6. The molecule has 5 nitrogen and oxygen atoms in total. The van der Waals surface area contributed by atoms with E-state index in [9.17, 15) is 4.79 Å². The first-order valence-corrected chi connectivity index (χ1v) is 7.22. The van der Waals surface area contributed by atoms with Gasteiger partial charge in [0.05, 0.1) is 25.9 Å². The van der Waals surface area contributed by atoms with E-state index in [0.29, 0.717) is 31.7 Å². The van der Waals surface area contributed by atoms with E-state index in [0.717, 1.165) is 19.8 Å². The molecule has 1 amide bonds. The Labute approximate surface area is 116 Å². The van der Waals surface area contributed by atoms with Gasteiger partial charge in [-0.05, 0) is 27.7 Å². The second-order valence-electron chi connectivity index (χ2n) is 5.48. The van der Waals surface area contributed by atoms with Crippen LogP contribution in [-0.4, -0.2) is 61.9 Å². The predicted octanol–water partition coefficient (Wildman–Crippen LogP) is 1.03. The molecule has 0 radical (unpaired) electrons. The van der Waals surface area contributed by atoms with Crippen LogP contribution in [0.1, 0.15) is 34.1 Å². The molecule has 1 aliphatic rings. The molecule has 2 unspecified atom stereocenters. The van der Waals surface area contributed by atoms with Crippen LogP contribution in [0.3, 0.4) is 0 Å². The summed E-state index contributed by atoms with van der Waals surface area (Å²) in [6.07, 6.45) is 0.616. The topological polar surface area (TPSA) is 50.8 Å². The number of ether oxygens (including phenoxy) is 2. The standard InChI is InChI=1S/C14H28N2O3/c1-11(2)19-7-5-14(17)15-9-12(3)16-6-8-18-10-13(16)4/h11-13H,5-10H2,1-4H3,(H,15,17). The number of rotatable bonds is 7. The molecule has 0 aromatic carbocycles. The largest absolute Gasteiger partial charge is 0.379 e. The number of morpholine rings is 1. The van der Waals surface area contributed by atoms with E-state index in [4.69, 9.17) is 9.47 Å². The minimum atomic E-state index is 0.0633. The fourth-order valence-electron chi connectivity index (χ4n) is 2.25. The van der Waals surface area contributed by atoms with Crippen LogP contribution in [0.25, 0.3) is 0 Å².